The van der Waals surface area contributed by atoms with E-state index < -0.39 is 10.2 Å². The molecule has 0 radical (unpaired) electrons. The van der Waals surface area contributed by atoms with E-state index in [4.69, 9.17) is 0 Å². The van der Waals surface area contributed by atoms with Gasteiger partial charge in [0, 0.05) is 13.6 Å². The van der Waals surface area contributed by atoms with Gasteiger partial charge in [0.25, 0.3) is 0 Å². The van der Waals surface area contributed by atoms with Crippen molar-refractivity contribution in [2.45, 2.75) is 6.54 Å². The lowest BCUT2D eigenvalue weighted by Crippen LogP contribution is -2.36. The molecule has 1 N–H and O–H groups in total. The fourth-order valence-corrected chi connectivity index (χ4v) is 1.70. The van der Waals surface area contributed by atoms with E-state index in [1.54, 1.807) is 4.72 Å². The highest BCUT2D eigenvalue weighted by molar-refractivity contribution is 7.87. The van der Waals surface area contributed by atoms with Gasteiger partial charge >= 0.3 is 10.2 Å². The van der Waals surface area contributed by atoms with E-state index in [-0.39, 0.29) is 13.0 Å². The van der Waals surface area contributed by atoms with Crippen LogP contribution in [0.3, 0.4) is 0 Å². The van der Waals surface area contributed by atoms with E-state index in [2.05, 4.69) is 0 Å². The fraction of sp³-hybridized carbons (Fsp3) is 0.222. The normalized spacial score (nSPS) is 11.3. The first-order valence-electron chi connectivity index (χ1n) is 4.27. The smallest absolute Gasteiger partial charge is 0.278 e. The molecule has 6 heteroatoms. The average molecular weight is 228 g/mol. The molecule has 1 aromatic carbocycles. The van der Waals surface area contributed by atoms with Crippen LogP contribution in [-0.4, -0.2) is 26.2 Å². The second kappa shape index (κ2) is 4.90. The maximum Gasteiger partial charge on any atom is 0.303 e. The molecule has 0 aromatic heterocycles. The van der Waals surface area contributed by atoms with Gasteiger partial charge in [-0.15, -0.1) is 0 Å². The first kappa shape index (κ1) is 11.7. The summed E-state index contributed by atoms with van der Waals surface area (Å²) in [5, 5.41) is 0. The molecule has 1 aromatic rings. The van der Waals surface area contributed by atoms with Gasteiger partial charge in [0.05, 0.1) is 0 Å². The van der Waals surface area contributed by atoms with Gasteiger partial charge in [0.2, 0.25) is 6.41 Å². The number of nitrogens with one attached hydrogen (secondary N) is 1. The van der Waals surface area contributed by atoms with Crippen LogP contribution in [0, 0.1) is 0 Å². The Labute approximate surface area is 88.9 Å². The molecule has 1 amide bonds. The van der Waals surface area contributed by atoms with Gasteiger partial charge in [-0.25, -0.2) is 4.72 Å². The molecule has 5 nitrogen and oxygen atoms in total. The Morgan fingerprint density at radius 2 is 1.93 bits per heavy atom. The van der Waals surface area contributed by atoms with Crippen LogP contribution in [0.15, 0.2) is 30.3 Å². The minimum Gasteiger partial charge on any atom is -0.278 e. The first-order valence-corrected chi connectivity index (χ1v) is 5.71. The van der Waals surface area contributed by atoms with Crippen LogP contribution in [-0.2, 0) is 21.5 Å². The largest absolute Gasteiger partial charge is 0.303 e. The molecule has 0 unspecified atom stereocenters. The average Bonchev–Trinajstić information content (AvgIpc) is 2.19. The molecule has 0 aliphatic heterocycles. The third-order valence-electron chi connectivity index (χ3n) is 1.86. The number of rotatable bonds is 5. The van der Waals surface area contributed by atoms with Crippen LogP contribution in [0.4, 0.5) is 0 Å². The van der Waals surface area contributed by atoms with Crippen molar-refractivity contribution >= 4 is 16.6 Å². The summed E-state index contributed by atoms with van der Waals surface area (Å²) in [6, 6.07) is 9.12. The van der Waals surface area contributed by atoms with Crippen molar-refractivity contribution in [3.8, 4) is 0 Å². The van der Waals surface area contributed by atoms with Gasteiger partial charge in [-0.2, -0.15) is 12.7 Å². The molecule has 0 atom stereocenters. The molecule has 0 heterocycles. The highest BCUT2D eigenvalue weighted by atomic mass is 32.2. The Bertz CT molecular complexity index is 416. The predicted molar refractivity (Wildman–Crippen MR) is 56.0 cm³/mol. The van der Waals surface area contributed by atoms with E-state index in [1.165, 1.54) is 7.05 Å². The lowest BCUT2D eigenvalue weighted by atomic mass is 10.2. The Kier molecular flexibility index (Phi) is 3.81. The fourth-order valence-electron chi connectivity index (χ4n) is 1.08. The minimum absolute atomic E-state index is 0.150. The standard InChI is InChI=1S/C9H12N2O3S/c1-11(15(13,14)10-8-12)7-9-5-3-2-4-6-9/h2-6,8H,7H2,1H3,(H,10,12). The number of carbonyl (C=O) groups is 1. The van der Waals surface area contributed by atoms with Crippen LogP contribution in [0.5, 0.6) is 0 Å². The summed E-state index contributed by atoms with van der Waals surface area (Å²) >= 11 is 0. The topological polar surface area (TPSA) is 66.5 Å². The zero-order valence-corrected chi connectivity index (χ0v) is 9.07. The van der Waals surface area contributed by atoms with Crippen molar-refractivity contribution in [3.05, 3.63) is 35.9 Å². The van der Waals surface area contributed by atoms with Crippen LogP contribution in [0.1, 0.15) is 5.56 Å². The lowest BCUT2D eigenvalue weighted by Gasteiger charge is -2.15. The molecule has 82 valence electrons. The molecule has 0 saturated heterocycles. The van der Waals surface area contributed by atoms with Crippen LogP contribution in [0.25, 0.3) is 0 Å². The Morgan fingerprint density at radius 1 is 1.33 bits per heavy atom. The number of hydrogen-bond donors (Lipinski definition) is 1. The van der Waals surface area contributed by atoms with E-state index in [0.29, 0.717) is 0 Å². The molecule has 15 heavy (non-hydrogen) atoms. The van der Waals surface area contributed by atoms with Crippen molar-refractivity contribution < 1.29 is 13.2 Å². The zero-order chi connectivity index (χ0) is 11.3. The molecule has 0 bridgehead atoms. The summed E-state index contributed by atoms with van der Waals surface area (Å²) < 4.78 is 25.5. The molecule has 0 aliphatic carbocycles. The maximum absolute atomic E-state index is 11.3. The number of benzene rings is 1. The van der Waals surface area contributed by atoms with E-state index >= 15 is 0 Å². The molecule has 0 fully saturated rings. The van der Waals surface area contributed by atoms with Crippen LogP contribution < -0.4 is 4.72 Å². The Morgan fingerprint density at radius 3 is 2.47 bits per heavy atom. The summed E-state index contributed by atoms with van der Waals surface area (Å²) in [6.07, 6.45) is 0.150. The Hall–Kier alpha value is -1.40. The summed E-state index contributed by atoms with van der Waals surface area (Å²) in [4.78, 5) is 10.1. The molecule has 1 rings (SSSR count). The molecular weight excluding hydrogens is 216 g/mol. The molecule has 0 aliphatic rings. The number of nitrogens with zero attached hydrogens (tertiary/aromatic N) is 1. The van der Waals surface area contributed by atoms with Crippen LogP contribution >= 0.6 is 0 Å². The molecule has 0 spiro atoms. The van der Waals surface area contributed by atoms with E-state index in [0.717, 1.165) is 9.87 Å². The zero-order valence-electron chi connectivity index (χ0n) is 8.25. The van der Waals surface area contributed by atoms with Gasteiger partial charge in [0.1, 0.15) is 0 Å². The summed E-state index contributed by atoms with van der Waals surface area (Å²) in [6.45, 7) is 0.226. The third kappa shape index (κ3) is 3.34. The lowest BCUT2D eigenvalue weighted by molar-refractivity contribution is -0.108. The van der Waals surface area contributed by atoms with Crippen LogP contribution in [0.2, 0.25) is 0 Å². The number of amides is 1. The highest BCUT2D eigenvalue weighted by Crippen LogP contribution is 2.04. The summed E-state index contributed by atoms with van der Waals surface area (Å²) in [5.41, 5.74) is 0.858. The van der Waals surface area contributed by atoms with Gasteiger partial charge in [-0.05, 0) is 5.56 Å². The van der Waals surface area contributed by atoms with Gasteiger partial charge < -0.3 is 0 Å². The van der Waals surface area contributed by atoms with Gasteiger partial charge in [-0.1, -0.05) is 30.3 Å². The number of hydrogen-bond acceptors (Lipinski definition) is 3. The molecule has 0 saturated carbocycles. The van der Waals surface area contributed by atoms with Crippen molar-refractivity contribution in [1.29, 1.82) is 0 Å². The van der Waals surface area contributed by atoms with E-state index in [1.807, 2.05) is 30.3 Å². The summed E-state index contributed by atoms with van der Waals surface area (Å²) in [5.74, 6) is 0. The summed E-state index contributed by atoms with van der Waals surface area (Å²) in [7, 11) is -2.29. The second-order valence-corrected chi connectivity index (χ2v) is 4.79. The second-order valence-electron chi connectivity index (χ2n) is 2.98. The predicted octanol–water partition coefficient (Wildman–Crippen LogP) is 0.109. The molecular formula is C9H12N2O3S. The third-order valence-corrected chi connectivity index (χ3v) is 3.20. The quantitative estimate of drug-likeness (QED) is 0.727. The van der Waals surface area contributed by atoms with Crippen molar-refractivity contribution in [3.63, 3.8) is 0 Å². The monoisotopic (exact) mass is 228 g/mol. The first-order chi connectivity index (χ1) is 7.06. The Balaban J connectivity index is 2.72. The van der Waals surface area contributed by atoms with Crippen molar-refractivity contribution in [1.82, 2.24) is 9.03 Å². The van der Waals surface area contributed by atoms with Crippen molar-refractivity contribution in [2.24, 2.45) is 0 Å². The van der Waals surface area contributed by atoms with Gasteiger partial charge in [-0.3, -0.25) is 4.79 Å². The van der Waals surface area contributed by atoms with Crippen molar-refractivity contribution in [2.75, 3.05) is 7.05 Å². The SMILES string of the molecule is CN(Cc1ccccc1)S(=O)(=O)NC=O. The number of carbonyl (C=O) groups excluding carboxylic acids is 1. The van der Waals surface area contributed by atoms with E-state index in [9.17, 15) is 13.2 Å². The maximum atomic E-state index is 11.3. The highest BCUT2D eigenvalue weighted by Gasteiger charge is 2.15. The minimum atomic E-state index is -3.69. The van der Waals surface area contributed by atoms with Gasteiger partial charge in [0.15, 0.2) is 0 Å².